The fourth-order valence-electron chi connectivity index (χ4n) is 3.18. The Balaban J connectivity index is 1.68. The molecule has 13 nitrogen and oxygen atoms in total. The van der Waals surface area contributed by atoms with E-state index < -0.39 is 23.6 Å². The van der Waals surface area contributed by atoms with Gasteiger partial charge in [-0.05, 0) is 13.8 Å². The molecule has 0 aliphatic carbocycles. The van der Waals surface area contributed by atoms with Gasteiger partial charge in [-0.1, -0.05) is 0 Å². The van der Waals surface area contributed by atoms with Crippen molar-refractivity contribution in [1.82, 2.24) is 25.1 Å². The number of carbonyl (C=O) groups excluding carboxylic acids is 4. The number of nitrogens with two attached hydrogens (primary N) is 2. The zero-order chi connectivity index (χ0) is 24.3. The van der Waals surface area contributed by atoms with Crippen molar-refractivity contribution >= 4 is 40.8 Å². The van der Waals surface area contributed by atoms with Crippen molar-refractivity contribution in [2.24, 2.45) is 12.8 Å². The zero-order valence-electron chi connectivity index (χ0n) is 18.3. The molecule has 0 bridgehead atoms. The first-order valence-corrected chi connectivity index (χ1v) is 9.93. The Morgan fingerprint density at radius 2 is 1.52 bits per heavy atom. The number of aryl methyl sites for hydroxylation is 1. The summed E-state index contributed by atoms with van der Waals surface area (Å²) in [5, 5.41) is 12.0. The van der Waals surface area contributed by atoms with Crippen LogP contribution >= 0.6 is 0 Å². The van der Waals surface area contributed by atoms with Crippen LogP contribution in [0.2, 0.25) is 0 Å². The van der Waals surface area contributed by atoms with Crippen LogP contribution in [0.25, 0.3) is 0 Å². The molecule has 174 valence electrons. The normalized spacial score (nSPS) is 10.6. The average molecular weight is 455 g/mol. The Kier molecular flexibility index (Phi) is 6.51. The first kappa shape index (κ1) is 23.1. The highest BCUT2D eigenvalue weighted by molar-refractivity contribution is 6.08. The monoisotopic (exact) mass is 455 g/mol. The first-order valence-electron chi connectivity index (χ1n) is 9.93. The number of hydrogen-bond donors (Lipinski definition) is 7. The molecule has 13 heteroatoms. The number of nitrogens with one attached hydrogen (secondary N) is 5. The summed E-state index contributed by atoms with van der Waals surface area (Å²) < 4.78 is 1.36. The fourth-order valence-corrected chi connectivity index (χ4v) is 3.18. The van der Waals surface area contributed by atoms with Crippen LogP contribution in [0.15, 0.2) is 18.5 Å². The lowest BCUT2D eigenvalue weighted by molar-refractivity contribution is -0.117. The highest BCUT2D eigenvalue weighted by atomic mass is 16.2. The number of H-pyrrole nitrogens is 2. The summed E-state index contributed by atoms with van der Waals surface area (Å²) in [5.41, 5.74) is 13.3. The van der Waals surface area contributed by atoms with Gasteiger partial charge in [-0.15, -0.1) is 0 Å². The van der Waals surface area contributed by atoms with E-state index in [0.717, 1.165) is 0 Å². The van der Waals surface area contributed by atoms with Crippen LogP contribution in [0.5, 0.6) is 0 Å². The van der Waals surface area contributed by atoms with Crippen LogP contribution < -0.4 is 27.4 Å². The molecule has 0 saturated carbocycles. The highest BCUT2D eigenvalue weighted by Gasteiger charge is 2.21. The molecule has 0 radical (unpaired) electrons. The summed E-state index contributed by atoms with van der Waals surface area (Å²) in [7, 11) is 1.60. The standard InChI is InChI=1S/C20H25N9O4/c1-9-12(8-24-16(9)19(32)23-5-4-15(22)30)27-20(33)17-10(2)11(7-25-17)26-18(31)13-6-14(21)28-29(13)3/h6-8,24-25H,4-5H2,1-3H3,(H2,21,28)(H2,22,30)(H,23,32)(H,26,31)(H,27,33). The summed E-state index contributed by atoms with van der Waals surface area (Å²) in [5.74, 6) is -1.61. The molecule has 9 N–H and O–H groups in total. The molecule has 3 aromatic rings. The van der Waals surface area contributed by atoms with Gasteiger partial charge in [0.2, 0.25) is 5.91 Å². The van der Waals surface area contributed by atoms with E-state index in [9.17, 15) is 19.2 Å². The van der Waals surface area contributed by atoms with Gasteiger partial charge in [-0.3, -0.25) is 23.9 Å². The summed E-state index contributed by atoms with van der Waals surface area (Å²) in [6.45, 7) is 3.46. The van der Waals surface area contributed by atoms with E-state index in [4.69, 9.17) is 11.5 Å². The third-order valence-corrected chi connectivity index (χ3v) is 5.02. The van der Waals surface area contributed by atoms with Crippen LogP contribution in [0.3, 0.4) is 0 Å². The van der Waals surface area contributed by atoms with E-state index in [-0.39, 0.29) is 35.9 Å². The van der Waals surface area contributed by atoms with Crippen molar-refractivity contribution in [3.63, 3.8) is 0 Å². The summed E-state index contributed by atoms with van der Waals surface area (Å²) >= 11 is 0. The van der Waals surface area contributed by atoms with Gasteiger partial charge >= 0.3 is 0 Å². The zero-order valence-corrected chi connectivity index (χ0v) is 18.3. The second kappa shape index (κ2) is 9.30. The number of aromatic nitrogens is 4. The lowest BCUT2D eigenvalue weighted by atomic mass is 10.2. The minimum atomic E-state index is -0.521. The third-order valence-electron chi connectivity index (χ3n) is 5.02. The molecule has 0 aliphatic heterocycles. The molecule has 0 fully saturated rings. The molecule has 33 heavy (non-hydrogen) atoms. The number of aromatic amines is 2. The van der Waals surface area contributed by atoms with E-state index in [1.165, 1.54) is 23.1 Å². The highest BCUT2D eigenvalue weighted by Crippen LogP contribution is 2.23. The molecule has 3 heterocycles. The van der Waals surface area contributed by atoms with Gasteiger partial charge in [-0.25, -0.2) is 0 Å². The van der Waals surface area contributed by atoms with E-state index in [2.05, 4.69) is 31.0 Å². The number of carbonyl (C=O) groups is 4. The number of rotatable bonds is 8. The Hall–Kier alpha value is -4.55. The van der Waals surface area contributed by atoms with Crippen molar-refractivity contribution in [2.75, 3.05) is 22.9 Å². The van der Waals surface area contributed by atoms with Crippen LogP contribution in [0, 0.1) is 13.8 Å². The number of hydrogen-bond acceptors (Lipinski definition) is 6. The molecule has 0 aromatic carbocycles. The third kappa shape index (κ3) is 5.03. The maximum Gasteiger partial charge on any atom is 0.274 e. The van der Waals surface area contributed by atoms with Gasteiger partial charge in [0.25, 0.3) is 17.7 Å². The lowest BCUT2D eigenvalue weighted by Gasteiger charge is -2.07. The van der Waals surface area contributed by atoms with Crippen molar-refractivity contribution in [3.8, 4) is 0 Å². The predicted octanol–water partition coefficient (Wildman–Crippen LogP) is 0.385. The van der Waals surface area contributed by atoms with Crippen molar-refractivity contribution in [1.29, 1.82) is 0 Å². The topological polar surface area (TPSA) is 206 Å². The number of primary amides is 1. The van der Waals surface area contributed by atoms with E-state index in [1.807, 2.05) is 0 Å². The maximum atomic E-state index is 12.8. The molecule has 3 aromatic heterocycles. The second-order valence-electron chi connectivity index (χ2n) is 7.36. The van der Waals surface area contributed by atoms with Crippen molar-refractivity contribution in [2.45, 2.75) is 20.3 Å². The molecule has 4 amide bonds. The van der Waals surface area contributed by atoms with Crippen LogP contribution in [0.1, 0.15) is 49.0 Å². The Labute approximate surface area is 188 Å². The molecule has 0 spiro atoms. The molecule has 3 rings (SSSR count). The molecule has 0 saturated heterocycles. The lowest BCUT2D eigenvalue weighted by Crippen LogP contribution is -2.28. The van der Waals surface area contributed by atoms with E-state index >= 15 is 0 Å². The van der Waals surface area contributed by atoms with Gasteiger partial charge in [0, 0.05) is 49.6 Å². The number of nitrogen functional groups attached to an aromatic ring is 1. The average Bonchev–Trinajstić information content (AvgIpc) is 3.39. The summed E-state index contributed by atoms with van der Waals surface area (Å²) in [6, 6.07) is 1.45. The molecular weight excluding hydrogens is 430 g/mol. The first-order chi connectivity index (χ1) is 15.6. The number of anilines is 3. The quantitative estimate of drug-likeness (QED) is 0.255. The van der Waals surface area contributed by atoms with Gasteiger partial charge in [0.05, 0.1) is 11.4 Å². The molecule has 0 atom stereocenters. The fraction of sp³-hybridized carbons (Fsp3) is 0.250. The predicted molar refractivity (Wildman–Crippen MR) is 121 cm³/mol. The minimum Gasteiger partial charge on any atom is -0.382 e. The summed E-state index contributed by atoms with van der Waals surface area (Å²) in [6.07, 6.45) is 3.02. The van der Waals surface area contributed by atoms with Gasteiger partial charge in [0.15, 0.2) is 0 Å². The van der Waals surface area contributed by atoms with E-state index in [0.29, 0.717) is 22.5 Å². The van der Waals surface area contributed by atoms with Gasteiger partial charge in [-0.2, -0.15) is 5.10 Å². The van der Waals surface area contributed by atoms with Crippen molar-refractivity contribution < 1.29 is 19.2 Å². The minimum absolute atomic E-state index is 0.0219. The summed E-state index contributed by atoms with van der Waals surface area (Å²) in [4.78, 5) is 54.0. The Bertz CT molecular complexity index is 1230. The number of nitrogens with zero attached hydrogens (tertiary/aromatic N) is 2. The Morgan fingerprint density at radius 1 is 0.970 bits per heavy atom. The molecule has 0 unspecified atom stereocenters. The smallest absolute Gasteiger partial charge is 0.274 e. The number of amides is 4. The van der Waals surface area contributed by atoms with Gasteiger partial charge in [0.1, 0.15) is 22.9 Å². The van der Waals surface area contributed by atoms with Crippen LogP contribution in [-0.4, -0.2) is 49.9 Å². The SMILES string of the molecule is Cc1c(NC(=O)c2[nH]cc(NC(=O)c3cc(N)nn3C)c2C)c[nH]c1C(=O)NCCC(N)=O. The van der Waals surface area contributed by atoms with Gasteiger partial charge < -0.3 is 37.4 Å². The van der Waals surface area contributed by atoms with Crippen LogP contribution in [0.4, 0.5) is 17.2 Å². The van der Waals surface area contributed by atoms with Crippen LogP contribution in [-0.2, 0) is 11.8 Å². The van der Waals surface area contributed by atoms with E-state index in [1.54, 1.807) is 20.9 Å². The second-order valence-corrected chi connectivity index (χ2v) is 7.36. The molecular formula is C20H25N9O4. The molecule has 0 aliphatic rings. The largest absolute Gasteiger partial charge is 0.382 e. The maximum absolute atomic E-state index is 12.8. The van der Waals surface area contributed by atoms with Crippen molar-refractivity contribution in [3.05, 3.63) is 46.7 Å². The Morgan fingerprint density at radius 3 is 2.03 bits per heavy atom.